The van der Waals surface area contributed by atoms with E-state index >= 15 is 0 Å². The first kappa shape index (κ1) is 15.0. The van der Waals surface area contributed by atoms with Crippen LogP contribution in [0.1, 0.15) is 39.0 Å². The lowest BCUT2D eigenvalue weighted by molar-refractivity contribution is -0.146. The van der Waals surface area contributed by atoms with Crippen molar-refractivity contribution in [2.24, 2.45) is 11.7 Å². The Labute approximate surface area is 109 Å². The fraction of sp³-hybridized carbons (Fsp3) is 0.846. The average Bonchev–Trinajstić information content (AvgIpc) is 2.74. The van der Waals surface area contributed by atoms with E-state index in [4.69, 9.17) is 5.73 Å². The van der Waals surface area contributed by atoms with Crippen LogP contribution in [0.3, 0.4) is 0 Å². The van der Waals surface area contributed by atoms with E-state index in [0.29, 0.717) is 13.0 Å². The van der Waals surface area contributed by atoms with Crippen LogP contribution in [0.5, 0.6) is 0 Å². The maximum atomic E-state index is 12.0. The highest BCUT2D eigenvalue weighted by Crippen LogP contribution is 2.30. The van der Waals surface area contributed by atoms with Crippen molar-refractivity contribution in [1.29, 1.82) is 0 Å². The molecule has 2 N–H and O–H groups in total. The number of rotatable bonds is 5. The average molecular weight is 256 g/mol. The van der Waals surface area contributed by atoms with Crippen LogP contribution >= 0.6 is 0 Å². The van der Waals surface area contributed by atoms with E-state index < -0.39 is 0 Å². The molecule has 1 amide bonds. The van der Waals surface area contributed by atoms with E-state index in [2.05, 4.69) is 4.74 Å². The van der Waals surface area contributed by atoms with Gasteiger partial charge in [0.05, 0.1) is 13.0 Å². The zero-order valence-corrected chi connectivity index (χ0v) is 11.6. The standard InChI is InChI=1S/C13H24N2O3/c1-10(12(17)18-3)9-15(2)11(16)8-13(14)6-4-5-7-13/h10H,4-9,14H2,1-3H3. The Hall–Kier alpha value is -1.10. The van der Waals surface area contributed by atoms with Crippen LogP contribution in [0.15, 0.2) is 0 Å². The fourth-order valence-corrected chi connectivity index (χ4v) is 2.48. The van der Waals surface area contributed by atoms with Gasteiger partial charge in [0.1, 0.15) is 0 Å². The molecule has 5 nitrogen and oxygen atoms in total. The molecule has 0 heterocycles. The molecule has 0 radical (unpaired) electrons. The van der Waals surface area contributed by atoms with Crippen molar-refractivity contribution in [2.45, 2.75) is 44.6 Å². The van der Waals surface area contributed by atoms with Gasteiger partial charge in [0, 0.05) is 25.6 Å². The second-order valence-electron chi connectivity index (χ2n) is 5.44. The molecular weight excluding hydrogens is 232 g/mol. The number of ether oxygens (including phenoxy) is 1. The molecule has 0 bridgehead atoms. The highest BCUT2D eigenvalue weighted by Gasteiger charge is 2.33. The molecule has 1 aliphatic rings. The summed E-state index contributed by atoms with van der Waals surface area (Å²) in [4.78, 5) is 24.9. The van der Waals surface area contributed by atoms with E-state index in [1.54, 1.807) is 18.9 Å². The highest BCUT2D eigenvalue weighted by atomic mass is 16.5. The van der Waals surface area contributed by atoms with Gasteiger partial charge in [-0.05, 0) is 12.8 Å². The molecule has 0 aromatic rings. The normalized spacial score (nSPS) is 19.3. The number of nitrogens with two attached hydrogens (primary N) is 1. The minimum atomic E-state index is -0.333. The van der Waals surface area contributed by atoms with E-state index in [9.17, 15) is 9.59 Å². The quantitative estimate of drug-likeness (QED) is 0.742. The summed E-state index contributed by atoms with van der Waals surface area (Å²) < 4.78 is 4.64. The van der Waals surface area contributed by atoms with Gasteiger partial charge in [-0.15, -0.1) is 0 Å². The molecule has 0 aliphatic heterocycles. The third-order valence-electron chi connectivity index (χ3n) is 3.68. The first-order valence-corrected chi connectivity index (χ1v) is 6.48. The lowest BCUT2D eigenvalue weighted by atomic mass is 9.94. The van der Waals surface area contributed by atoms with E-state index in [1.165, 1.54) is 7.11 Å². The molecule has 18 heavy (non-hydrogen) atoms. The maximum Gasteiger partial charge on any atom is 0.310 e. The van der Waals surface area contributed by atoms with Gasteiger partial charge < -0.3 is 15.4 Å². The Morgan fingerprint density at radius 2 is 1.94 bits per heavy atom. The third kappa shape index (κ3) is 3.98. The molecule has 1 rings (SSSR count). The van der Waals surface area contributed by atoms with Gasteiger partial charge in [0.15, 0.2) is 0 Å². The number of carbonyl (C=O) groups is 2. The molecule has 5 heteroatoms. The summed E-state index contributed by atoms with van der Waals surface area (Å²) in [6.07, 6.45) is 4.41. The van der Waals surface area contributed by atoms with Gasteiger partial charge in [-0.3, -0.25) is 9.59 Å². The Kier molecular flexibility index (Phi) is 5.14. The number of carbonyl (C=O) groups excluding carboxylic acids is 2. The molecule has 1 saturated carbocycles. The Morgan fingerprint density at radius 1 is 1.39 bits per heavy atom. The smallest absolute Gasteiger partial charge is 0.310 e. The van der Waals surface area contributed by atoms with Crippen molar-refractivity contribution in [3.8, 4) is 0 Å². The van der Waals surface area contributed by atoms with Crippen molar-refractivity contribution >= 4 is 11.9 Å². The van der Waals surface area contributed by atoms with Crippen LogP contribution in [-0.2, 0) is 14.3 Å². The zero-order chi connectivity index (χ0) is 13.8. The summed E-state index contributed by atoms with van der Waals surface area (Å²) in [7, 11) is 3.06. The van der Waals surface area contributed by atoms with Crippen molar-refractivity contribution in [3.05, 3.63) is 0 Å². The highest BCUT2D eigenvalue weighted by molar-refractivity contribution is 5.78. The molecular formula is C13H24N2O3. The van der Waals surface area contributed by atoms with Gasteiger partial charge in [-0.2, -0.15) is 0 Å². The van der Waals surface area contributed by atoms with Gasteiger partial charge in [-0.1, -0.05) is 19.8 Å². The van der Waals surface area contributed by atoms with Gasteiger partial charge in [0.2, 0.25) is 5.91 Å². The second-order valence-corrected chi connectivity index (χ2v) is 5.44. The van der Waals surface area contributed by atoms with Crippen LogP contribution in [0.2, 0.25) is 0 Å². The minimum absolute atomic E-state index is 0.00940. The summed E-state index contributed by atoms with van der Waals surface area (Å²) in [5.41, 5.74) is 5.84. The van der Waals surface area contributed by atoms with E-state index in [0.717, 1.165) is 25.7 Å². The summed E-state index contributed by atoms with van der Waals surface area (Å²) in [6.45, 7) is 2.13. The Balaban J connectivity index is 2.43. The predicted molar refractivity (Wildman–Crippen MR) is 68.8 cm³/mol. The predicted octanol–water partition coefficient (Wildman–Crippen LogP) is 0.915. The molecule has 1 unspecified atom stereocenters. The fourth-order valence-electron chi connectivity index (χ4n) is 2.48. The minimum Gasteiger partial charge on any atom is -0.469 e. The maximum absolute atomic E-state index is 12.0. The molecule has 0 spiro atoms. The Bertz CT molecular complexity index is 311. The molecule has 0 aromatic carbocycles. The molecule has 104 valence electrons. The number of methoxy groups -OCH3 is 1. The molecule has 1 fully saturated rings. The van der Waals surface area contributed by atoms with Crippen molar-refractivity contribution in [1.82, 2.24) is 4.90 Å². The third-order valence-corrected chi connectivity index (χ3v) is 3.68. The number of esters is 1. The number of hydrogen-bond donors (Lipinski definition) is 1. The SMILES string of the molecule is COC(=O)C(C)CN(C)C(=O)CC1(N)CCCC1. The monoisotopic (exact) mass is 256 g/mol. The first-order chi connectivity index (χ1) is 8.38. The van der Waals surface area contributed by atoms with Crippen molar-refractivity contribution in [3.63, 3.8) is 0 Å². The van der Waals surface area contributed by atoms with Crippen molar-refractivity contribution < 1.29 is 14.3 Å². The largest absolute Gasteiger partial charge is 0.469 e. The number of hydrogen-bond acceptors (Lipinski definition) is 4. The van der Waals surface area contributed by atoms with Crippen LogP contribution < -0.4 is 5.73 Å². The zero-order valence-electron chi connectivity index (χ0n) is 11.6. The number of amides is 1. The van der Waals surface area contributed by atoms with Crippen LogP contribution in [0, 0.1) is 5.92 Å². The van der Waals surface area contributed by atoms with Crippen LogP contribution in [0.4, 0.5) is 0 Å². The summed E-state index contributed by atoms with van der Waals surface area (Å²) in [6, 6.07) is 0. The molecule has 0 aromatic heterocycles. The number of nitrogens with zero attached hydrogens (tertiary/aromatic N) is 1. The van der Waals surface area contributed by atoms with E-state index in [1.807, 2.05) is 0 Å². The molecule has 1 aliphatic carbocycles. The van der Waals surface area contributed by atoms with Crippen LogP contribution in [0.25, 0.3) is 0 Å². The summed E-state index contributed by atoms with van der Waals surface area (Å²) in [5.74, 6) is -0.589. The van der Waals surface area contributed by atoms with Gasteiger partial charge >= 0.3 is 5.97 Å². The van der Waals surface area contributed by atoms with Crippen LogP contribution in [-0.4, -0.2) is 43.0 Å². The Morgan fingerprint density at radius 3 is 2.44 bits per heavy atom. The van der Waals surface area contributed by atoms with E-state index in [-0.39, 0.29) is 23.3 Å². The second kappa shape index (κ2) is 6.18. The van der Waals surface area contributed by atoms with Crippen molar-refractivity contribution in [2.75, 3.05) is 20.7 Å². The lowest BCUT2D eigenvalue weighted by Gasteiger charge is -2.27. The molecule has 1 atom stereocenters. The summed E-state index contributed by atoms with van der Waals surface area (Å²) >= 11 is 0. The first-order valence-electron chi connectivity index (χ1n) is 6.48. The molecule has 0 saturated heterocycles. The summed E-state index contributed by atoms with van der Waals surface area (Å²) in [5, 5.41) is 0. The lowest BCUT2D eigenvalue weighted by Crippen LogP contribution is -2.44. The van der Waals surface area contributed by atoms with Gasteiger partial charge in [0.25, 0.3) is 0 Å². The topological polar surface area (TPSA) is 72.6 Å². The van der Waals surface area contributed by atoms with Gasteiger partial charge in [-0.25, -0.2) is 0 Å².